The molecule has 0 aliphatic rings. The molecule has 4 atom stereocenters. The number of hydrogen-bond acceptors (Lipinski definition) is 7. The summed E-state index contributed by atoms with van der Waals surface area (Å²) in [5, 5.41) is 17.1. The Kier molecular flexibility index (Phi) is 9.88. The number of carboxylic acid groups (broad SMARTS) is 1. The van der Waals surface area contributed by atoms with Gasteiger partial charge < -0.3 is 31.8 Å². The Balaban J connectivity index is 2.15. The Morgan fingerprint density at radius 3 is 2.15 bits per heavy atom. The highest BCUT2D eigenvalue weighted by atomic mass is 32.1. The van der Waals surface area contributed by atoms with Crippen molar-refractivity contribution in [2.75, 3.05) is 5.75 Å². The van der Waals surface area contributed by atoms with E-state index in [1.807, 2.05) is 0 Å². The number of H-pyrrole nitrogens is 1. The van der Waals surface area contributed by atoms with Crippen molar-refractivity contribution >= 4 is 36.3 Å². The monoisotopic (exact) mass is 476 g/mol. The summed E-state index contributed by atoms with van der Waals surface area (Å²) < 4.78 is 0. The number of nitrogens with zero attached hydrogens (tertiary/aromatic N) is 1. The number of carbonyl (C=O) groups excluding carboxylic acids is 3. The van der Waals surface area contributed by atoms with Crippen LogP contribution in [0.4, 0.5) is 0 Å². The summed E-state index contributed by atoms with van der Waals surface area (Å²) >= 11 is 4.09. The number of imidazole rings is 1. The molecule has 3 amide bonds. The normalized spacial score (nSPS) is 14.4. The molecule has 2 rings (SSSR count). The van der Waals surface area contributed by atoms with Crippen LogP contribution in [0.25, 0.3) is 0 Å². The zero-order valence-corrected chi connectivity index (χ0v) is 18.9. The van der Waals surface area contributed by atoms with Crippen LogP contribution < -0.4 is 21.7 Å². The van der Waals surface area contributed by atoms with Crippen LogP contribution in [0.1, 0.15) is 18.2 Å². The molecule has 33 heavy (non-hydrogen) atoms. The maximum absolute atomic E-state index is 13.0. The van der Waals surface area contributed by atoms with E-state index in [0.717, 1.165) is 5.56 Å². The zero-order chi connectivity index (χ0) is 24.4. The summed E-state index contributed by atoms with van der Waals surface area (Å²) in [6, 6.07) is 4.63. The highest BCUT2D eigenvalue weighted by Gasteiger charge is 2.30. The Morgan fingerprint density at radius 2 is 1.61 bits per heavy atom. The molecular weight excluding hydrogens is 448 g/mol. The van der Waals surface area contributed by atoms with Crippen LogP contribution in [0.2, 0.25) is 0 Å². The van der Waals surface area contributed by atoms with Crippen LogP contribution >= 0.6 is 12.6 Å². The number of nitrogens with two attached hydrogens (primary N) is 1. The minimum Gasteiger partial charge on any atom is -0.480 e. The van der Waals surface area contributed by atoms with Gasteiger partial charge in [-0.05, 0) is 12.5 Å². The van der Waals surface area contributed by atoms with Crippen molar-refractivity contribution < 1.29 is 24.3 Å². The number of carbonyl (C=O) groups is 4. The molecule has 0 fully saturated rings. The molecule has 1 aromatic heterocycles. The van der Waals surface area contributed by atoms with E-state index in [1.54, 1.807) is 30.3 Å². The van der Waals surface area contributed by atoms with Crippen molar-refractivity contribution in [2.45, 2.75) is 43.9 Å². The number of aromatic amines is 1. The number of amides is 3. The summed E-state index contributed by atoms with van der Waals surface area (Å²) in [4.78, 5) is 56.1. The maximum Gasteiger partial charge on any atom is 0.326 e. The highest BCUT2D eigenvalue weighted by molar-refractivity contribution is 7.80. The zero-order valence-electron chi connectivity index (χ0n) is 18.0. The van der Waals surface area contributed by atoms with Crippen molar-refractivity contribution in [1.29, 1.82) is 0 Å². The van der Waals surface area contributed by atoms with Crippen molar-refractivity contribution in [3.63, 3.8) is 0 Å². The Labute approximate surface area is 196 Å². The SMILES string of the molecule is CC(N)C(=O)NC(CS)C(=O)NC(Cc1cnc[nH]1)C(=O)NC(Cc1ccccc1)C(=O)O. The first-order valence-corrected chi connectivity index (χ1v) is 10.9. The topological polar surface area (TPSA) is 179 Å². The molecular formula is C21H28N6O5S. The second-order valence-electron chi connectivity index (χ2n) is 7.46. The Morgan fingerprint density at radius 1 is 1.00 bits per heavy atom. The molecule has 0 saturated carbocycles. The molecule has 0 aliphatic carbocycles. The van der Waals surface area contributed by atoms with Gasteiger partial charge in [0.05, 0.1) is 12.4 Å². The molecule has 178 valence electrons. The molecule has 4 unspecified atom stereocenters. The van der Waals surface area contributed by atoms with Crippen LogP contribution in [-0.2, 0) is 32.0 Å². The molecule has 0 aliphatic heterocycles. The van der Waals surface area contributed by atoms with Crippen LogP contribution in [0.3, 0.4) is 0 Å². The number of carboxylic acids is 1. The summed E-state index contributed by atoms with van der Waals surface area (Å²) in [5.41, 5.74) is 6.80. The van der Waals surface area contributed by atoms with Gasteiger partial charge in [0, 0.05) is 30.5 Å². The van der Waals surface area contributed by atoms with Gasteiger partial charge in [0.2, 0.25) is 17.7 Å². The Bertz CT molecular complexity index is 938. The number of thiol groups is 1. The molecule has 0 spiro atoms. The molecule has 1 heterocycles. The first-order valence-electron chi connectivity index (χ1n) is 10.2. The lowest BCUT2D eigenvalue weighted by Gasteiger charge is -2.24. The van der Waals surface area contributed by atoms with Gasteiger partial charge in [-0.2, -0.15) is 12.6 Å². The lowest BCUT2D eigenvalue weighted by Crippen LogP contribution is -2.58. The lowest BCUT2D eigenvalue weighted by atomic mass is 10.0. The fourth-order valence-electron chi connectivity index (χ4n) is 2.92. The van der Waals surface area contributed by atoms with E-state index in [-0.39, 0.29) is 18.6 Å². The van der Waals surface area contributed by atoms with Crippen LogP contribution in [0.15, 0.2) is 42.9 Å². The third kappa shape index (κ3) is 8.24. The van der Waals surface area contributed by atoms with Gasteiger partial charge in [-0.3, -0.25) is 14.4 Å². The molecule has 0 radical (unpaired) electrons. The van der Waals surface area contributed by atoms with Crippen molar-refractivity contribution in [2.24, 2.45) is 5.73 Å². The average Bonchev–Trinajstić information content (AvgIpc) is 3.29. The molecule has 2 aromatic rings. The summed E-state index contributed by atoms with van der Waals surface area (Å²) in [6.07, 6.45) is 2.99. The van der Waals surface area contributed by atoms with Crippen LogP contribution in [-0.4, -0.2) is 68.7 Å². The highest BCUT2D eigenvalue weighted by Crippen LogP contribution is 2.06. The minimum absolute atomic E-state index is 0.0236. The number of benzene rings is 1. The van der Waals surface area contributed by atoms with Crippen molar-refractivity contribution in [1.82, 2.24) is 25.9 Å². The van der Waals surface area contributed by atoms with E-state index in [1.165, 1.54) is 19.4 Å². The van der Waals surface area contributed by atoms with Crippen molar-refractivity contribution in [3.05, 3.63) is 54.1 Å². The van der Waals surface area contributed by atoms with Crippen molar-refractivity contribution in [3.8, 4) is 0 Å². The molecule has 0 bridgehead atoms. The molecule has 0 saturated heterocycles. The fourth-order valence-corrected chi connectivity index (χ4v) is 3.17. The summed E-state index contributed by atoms with van der Waals surface area (Å²) in [5.74, 6) is -3.15. The first kappa shape index (κ1) is 25.9. The fraction of sp³-hybridized carbons (Fsp3) is 0.381. The molecule has 7 N–H and O–H groups in total. The molecule has 12 heteroatoms. The van der Waals surface area contributed by atoms with Gasteiger partial charge in [0.15, 0.2) is 0 Å². The van der Waals surface area contributed by atoms with E-state index in [2.05, 4.69) is 38.5 Å². The quantitative estimate of drug-likeness (QED) is 0.192. The number of aromatic nitrogens is 2. The van der Waals surface area contributed by atoms with Crippen LogP contribution in [0.5, 0.6) is 0 Å². The number of hydrogen-bond donors (Lipinski definition) is 7. The van der Waals surface area contributed by atoms with E-state index in [4.69, 9.17) is 5.73 Å². The minimum atomic E-state index is -1.21. The molecule has 1 aromatic carbocycles. The molecule has 11 nitrogen and oxygen atoms in total. The van der Waals surface area contributed by atoms with E-state index in [0.29, 0.717) is 5.69 Å². The number of nitrogens with one attached hydrogen (secondary N) is 4. The van der Waals surface area contributed by atoms with E-state index >= 15 is 0 Å². The van der Waals surface area contributed by atoms with Gasteiger partial charge >= 0.3 is 5.97 Å². The predicted molar refractivity (Wildman–Crippen MR) is 123 cm³/mol. The maximum atomic E-state index is 13.0. The third-order valence-electron chi connectivity index (χ3n) is 4.74. The van der Waals surface area contributed by atoms with Gasteiger partial charge in [0.1, 0.15) is 18.1 Å². The predicted octanol–water partition coefficient (Wildman–Crippen LogP) is -0.989. The average molecular weight is 477 g/mol. The van der Waals surface area contributed by atoms with E-state index in [9.17, 15) is 24.3 Å². The number of rotatable bonds is 12. The number of aliphatic carboxylic acids is 1. The lowest BCUT2D eigenvalue weighted by molar-refractivity contribution is -0.142. The van der Waals surface area contributed by atoms with Crippen LogP contribution in [0, 0.1) is 0 Å². The Hall–Kier alpha value is -3.38. The van der Waals surface area contributed by atoms with Gasteiger partial charge in [0.25, 0.3) is 0 Å². The largest absolute Gasteiger partial charge is 0.480 e. The third-order valence-corrected chi connectivity index (χ3v) is 5.10. The van der Waals surface area contributed by atoms with E-state index < -0.39 is 47.9 Å². The first-order chi connectivity index (χ1) is 15.7. The standard InChI is InChI=1S/C21H28N6O5S/c1-12(22)18(28)27-17(10-33)20(30)25-15(8-14-9-23-11-24-14)19(29)26-16(21(31)32)7-13-5-3-2-4-6-13/h2-6,9,11-12,15-17,33H,7-8,10,22H2,1H3,(H,23,24)(H,25,30)(H,26,29)(H,27,28)(H,31,32). The van der Waals surface area contributed by atoms with Gasteiger partial charge in [-0.1, -0.05) is 30.3 Å². The summed E-state index contributed by atoms with van der Waals surface area (Å²) in [7, 11) is 0. The summed E-state index contributed by atoms with van der Waals surface area (Å²) in [6.45, 7) is 1.47. The van der Waals surface area contributed by atoms with Gasteiger partial charge in [-0.15, -0.1) is 0 Å². The smallest absolute Gasteiger partial charge is 0.326 e. The second kappa shape index (κ2) is 12.6. The van der Waals surface area contributed by atoms with Gasteiger partial charge in [-0.25, -0.2) is 9.78 Å². The second-order valence-corrected chi connectivity index (χ2v) is 7.83.